The molecule has 20 rings (SSSR count). The summed E-state index contributed by atoms with van der Waals surface area (Å²) in [5, 5.41) is 10.3. The van der Waals surface area contributed by atoms with Crippen LogP contribution in [0.2, 0.25) is 0 Å². The van der Waals surface area contributed by atoms with Gasteiger partial charge in [0.05, 0.1) is 10.8 Å². The van der Waals surface area contributed by atoms with Gasteiger partial charge in [-0.15, -0.1) is 0 Å². The fraction of sp³-hybridized carbons (Fsp3) is 0.0444. The van der Waals surface area contributed by atoms with E-state index in [1.807, 2.05) is 23.5 Å². The van der Waals surface area contributed by atoms with Gasteiger partial charge in [-0.1, -0.05) is 278 Å². The second kappa shape index (κ2) is 19.8. The highest BCUT2D eigenvalue weighted by molar-refractivity contribution is 8.00. The molecular weight excluding hydrogens is 1150 g/mol. The summed E-state index contributed by atoms with van der Waals surface area (Å²) in [6.07, 6.45) is 5.77. The Labute approximate surface area is 543 Å². The first-order valence-electron chi connectivity index (χ1n) is 32.2. The van der Waals surface area contributed by atoms with Gasteiger partial charge in [-0.05, 0) is 228 Å². The van der Waals surface area contributed by atoms with Crippen molar-refractivity contribution in [1.29, 1.82) is 0 Å². The molecule has 92 heavy (non-hydrogen) atoms. The third kappa shape index (κ3) is 7.17. The monoisotopic (exact) mass is 1200 g/mol. The van der Waals surface area contributed by atoms with E-state index in [1.165, 1.54) is 191 Å². The number of allylic oxidation sites excluding steroid dienone is 4. The van der Waals surface area contributed by atoms with Gasteiger partial charge in [-0.25, -0.2) is 0 Å². The predicted octanol–water partition coefficient (Wildman–Crippen LogP) is 24.2. The quantitative estimate of drug-likeness (QED) is 0.156. The van der Waals surface area contributed by atoms with E-state index in [2.05, 4.69) is 316 Å². The van der Waals surface area contributed by atoms with Crippen molar-refractivity contribution >= 4 is 72.2 Å². The first-order chi connectivity index (χ1) is 45.5. The maximum Gasteiger partial charge on any atom is 0.0728 e. The van der Waals surface area contributed by atoms with Crippen molar-refractivity contribution < 1.29 is 0 Å². The maximum absolute atomic E-state index is 2.56. The fourth-order valence-electron chi connectivity index (χ4n) is 17.4. The zero-order valence-electron chi connectivity index (χ0n) is 50.5. The summed E-state index contributed by atoms with van der Waals surface area (Å²) in [5.74, 6) is 0. The highest BCUT2D eigenvalue weighted by atomic mass is 32.2. The van der Waals surface area contributed by atoms with E-state index < -0.39 is 10.8 Å². The van der Waals surface area contributed by atoms with Gasteiger partial charge in [0.15, 0.2) is 0 Å². The van der Waals surface area contributed by atoms with E-state index in [9.17, 15) is 0 Å². The molecule has 0 saturated heterocycles. The molecule has 0 bridgehead atoms. The predicted molar refractivity (Wildman–Crippen MR) is 387 cm³/mol. The van der Waals surface area contributed by atoms with Crippen molar-refractivity contribution in [2.45, 2.75) is 43.8 Å². The maximum atomic E-state index is 2.56. The minimum atomic E-state index is -0.616. The third-order valence-corrected chi connectivity index (χ3v) is 23.4. The largest absolute Gasteiger partial charge is 0.0888 e. The molecule has 2 heterocycles. The van der Waals surface area contributed by atoms with Gasteiger partial charge < -0.3 is 0 Å². The van der Waals surface area contributed by atoms with Crippen molar-refractivity contribution in [3.05, 3.63) is 365 Å². The molecule has 2 aliphatic heterocycles. The molecule has 2 atom stereocenters. The van der Waals surface area contributed by atoms with Crippen LogP contribution in [-0.4, -0.2) is 0 Å². The van der Waals surface area contributed by atoms with Crippen molar-refractivity contribution in [3.63, 3.8) is 0 Å². The summed E-state index contributed by atoms with van der Waals surface area (Å²) < 4.78 is 0. The lowest BCUT2D eigenvalue weighted by molar-refractivity contribution is 0.771. The van der Waals surface area contributed by atoms with E-state index >= 15 is 0 Å². The van der Waals surface area contributed by atoms with E-state index in [-0.39, 0.29) is 0 Å². The average Bonchev–Trinajstić information content (AvgIpc) is 1.51. The van der Waals surface area contributed by atoms with Crippen LogP contribution in [0.5, 0.6) is 0 Å². The van der Waals surface area contributed by atoms with Crippen molar-refractivity contribution in [2.75, 3.05) is 0 Å². The Bertz CT molecular complexity index is 5820. The molecule has 0 saturated carbocycles. The van der Waals surface area contributed by atoms with Gasteiger partial charge >= 0.3 is 0 Å². The Balaban J connectivity index is 0.739. The Morgan fingerprint density at radius 2 is 0.837 bits per heavy atom. The Morgan fingerprint density at radius 1 is 0.304 bits per heavy atom. The van der Waals surface area contributed by atoms with Crippen LogP contribution in [0.1, 0.15) is 57.0 Å². The smallest absolute Gasteiger partial charge is 0.0728 e. The Hall–Kier alpha value is -10.5. The number of fused-ring (bicyclic) bond motifs is 17. The average molecular weight is 1200 g/mol. The van der Waals surface area contributed by atoms with Crippen LogP contribution in [0.25, 0.3) is 115 Å². The van der Waals surface area contributed by atoms with Crippen molar-refractivity contribution in [1.82, 2.24) is 0 Å². The van der Waals surface area contributed by atoms with Gasteiger partial charge in [0.25, 0.3) is 0 Å². The van der Waals surface area contributed by atoms with Gasteiger partial charge in [0.2, 0.25) is 0 Å². The molecule has 15 aromatic rings. The lowest BCUT2D eigenvalue weighted by atomic mass is 9.65. The van der Waals surface area contributed by atoms with E-state index in [1.54, 1.807) is 0 Å². The molecule has 2 unspecified atom stereocenters. The zero-order chi connectivity index (χ0) is 60.4. The molecule has 3 aliphatic carbocycles. The molecule has 0 radical (unpaired) electrons. The van der Waals surface area contributed by atoms with Gasteiger partial charge in [0.1, 0.15) is 0 Å². The summed E-state index contributed by atoms with van der Waals surface area (Å²) in [6, 6.07) is 114. The van der Waals surface area contributed by atoms with Crippen molar-refractivity contribution in [3.8, 4) is 66.8 Å². The third-order valence-electron chi connectivity index (χ3n) is 21.2. The molecule has 428 valence electrons. The van der Waals surface area contributed by atoms with E-state index in [4.69, 9.17) is 0 Å². The topological polar surface area (TPSA) is 0 Å². The van der Waals surface area contributed by atoms with Crippen LogP contribution < -0.4 is 0 Å². The molecule has 15 aromatic carbocycles. The highest BCUT2D eigenvalue weighted by Gasteiger charge is 2.53. The fourth-order valence-corrected chi connectivity index (χ4v) is 19.8. The summed E-state index contributed by atoms with van der Waals surface area (Å²) in [4.78, 5) is 5.24. The van der Waals surface area contributed by atoms with Gasteiger partial charge in [-0.3, -0.25) is 0 Å². The lowest BCUT2D eigenvalue weighted by Gasteiger charge is -2.36. The Morgan fingerprint density at radius 3 is 1.58 bits per heavy atom. The SMILES string of the molecule is CC1=C(/C=C\Cc2cccc3cc4c(cc23)-c2ccccc2C4(c2ccccc2)c2ccccc2-c2cc3c4c(cccc4c2)-c2ccccc2S3)C2(c3ccccc31)c1cc(-c3cc4c5c(cccc5c3)-c3ccccc3S4)ccc1-c1ccc3ccccc3c12. The van der Waals surface area contributed by atoms with Crippen LogP contribution in [-0.2, 0) is 17.3 Å². The molecule has 0 nitrogen and oxygen atoms in total. The summed E-state index contributed by atoms with van der Waals surface area (Å²) in [7, 11) is 0. The number of hydrogen-bond donors (Lipinski definition) is 0. The highest BCUT2D eigenvalue weighted by Crippen LogP contribution is 2.65. The summed E-state index contributed by atoms with van der Waals surface area (Å²) >= 11 is 3.80. The minimum absolute atomic E-state index is 0.567. The number of rotatable bonds is 7. The molecule has 5 aliphatic rings. The standard InChI is InChI=1S/C90H56S2/c1-54-64-29-7-12-37-77(64)90(80-49-57(44-45-68(80)73-46-43-56-21-5-6-31-66(56)88(73)90)61-47-59-25-18-35-71-69-33-10-15-41-82(69)91-84(51-61)86(59)71)76(54)40-20-23-55-22-17-24-58-50-81-75(53-74(55)58)67-32-9-14-39-79(67)89(81,63-27-3-2-4-28-63)78-38-13-8-30-65(78)62-48-60-26-19-36-72-70-34-11-16-42-83(70)92-85(52-62)87(60)72/h2-22,24-53H,23H2,1H3/b40-20-. The van der Waals surface area contributed by atoms with Crippen LogP contribution in [0.3, 0.4) is 0 Å². The van der Waals surface area contributed by atoms with Crippen molar-refractivity contribution in [2.24, 2.45) is 0 Å². The number of benzene rings is 15. The first-order valence-corrected chi connectivity index (χ1v) is 33.8. The van der Waals surface area contributed by atoms with Crippen LogP contribution >= 0.6 is 23.5 Å². The normalized spacial score (nSPS) is 16.7. The van der Waals surface area contributed by atoms with E-state index in [0.717, 1.165) is 6.42 Å². The lowest BCUT2D eigenvalue weighted by Crippen LogP contribution is -2.29. The second-order valence-corrected chi connectivity index (χ2v) is 27.8. The molecule has 0 aromatic heterocycles. The van der Waals surface area contributed by atoms with Crippen LogP contribution in [0.4, 0.5) is 0 Å². The summed E-state index contributed by atoms with van der Waals surface area (Å²) in [5.41, 5.74) is 28.8. The van der Waals surface area contributed by atoms with Crippen LogP contribution in [0, 0.1) is 0 Å². The molecule has 0 amide bonds. The molecular formula is C90H56S2. The summed E-state index contributed by atoms with van der Waals surface area (Å²) in [6.45, 7) is 2.38. The number of hydrogen-bond acceptors (Lipinski definition) is 2. The molecule has 0 fully saturated rings. The van der Waals surface area contributed by atoms with Crippen LogP contribution in [0.15, 0.2) is 335 Å². The van der Waals surface area contributed by atoms with Gasteiger partial charge in [-0.2, -0.15) is 0 Å². The molecule has 1 spiro atoms. The first kappa shape index (κ1) is 52.3. The second-order valence-electron chi connectivity index (χ2n) is 25.6. The zero-order valence-corrected chi connectivity index (χ0v) is 52.1. The Kier molecular flexibility index (Phi) is 11.2. The van der Waals surface area contributed by atoms with E-state index in [0.29, 0.717) is 0 Å². The van der Waals surface area contributed by atoms with Gasteiger partial charge in [0, 0.05) is 30.4 Å². The minimum Gasteiger partial charge on any atom is -0.0888 e. The molecule has 2 heteroatoms. The molecule has 0 N–H and O–H groups in total.